The molecule has 1 fully saturated rings. The molecular weight excluding hydrogens is 416 g/mol. The summed E-state index contributed by atoms with van der Waals surface area (Å²) in [5.41, 5.74) is 2.13. The third-order valence-corrected chi connectivity index (χ3v) is 7.30. The highest BCUT2D eigenvalue weighted by Gasteiger charge is 2.25. The number of aryl methyl sites for hydroxylation is 1. The molecule has 2 aromatic rings. The Morgan fingerprint density at radius 1 is 1.00 bits per heavy atom. The number of benzene rings is 2. The maximum absolute atomic E-state index is 12.7. The van der Waals surface area contributed by atoms with Gasteiger partial charge in [0.1, 0.15) is 18.1 Å². The Morgan fingerprint density at radius 3 is 2.42 bits per heavy atom. The second-order valence-corrected chi connectivity index (χ2v) is 9.56. The number of piperidine rings is 1. The zero-order valence-electron chi connectivity index (χ0n) is 18.1. The molecule has 8 heteroatoms. The Labute approximate surface area is 184 Å². The van der Waals surface area contributed by atoms with E-state index in [1.165, 1.54) is 0 Å². The molecule has 0 aliphatic carbocycles. The summed E-state index contributed by atoms with van der Waals surface area (Å²) in [7, 11) is -3.44. The number of hydrogen-bond acceptors (Lipinski definition) is 5. The number of ether oxygens (including phenoxy) is 2. The van der Waals surface area contributed by atoms with Gasteiger partial charge in [0.2, 0.25) is 10.0 Å². The first-order valence-electron chi connectivity index (χ1n) is 10.6. The van der Waals surface area contributed by atoms with Crippen LogP contribution in [0.3, 0.4) is 0 Å². The summed E-state index contributed by atoms with van der Waals surface area (Å²) in [6.45, 7) is 5.64. The lowest BCUT2D eigenvalue weighted by Crippen LogP contribution is -2.35. The number of nitrogens with zero attached hydrogens (tertiary/aromatic N) is 1. The SMILES string of the molecule is Cc1cccc(OCC(=O)NCCOc2ccc(S(=O)(=O)N3CCCCC3)cc2)c1C. The van der Waals surface area contributed by atoms with Gasteiger partial charge in [-0.05, 0) is 68.1 Å². The molecule has 168 valence electrons. The largest absolute Gasteiger partial charge is 0.492 e. The van der Waals surface area contributed by atoms with Crippen LogP contribution in [-0.2, 0) is 14.8 Å². The summed E-state index contributed by atoms with van der Waals surface area (Å²) in [4.78, 5) is 12.2. The lowest BCUT2D eigenvalue weighted by Gasteiger charge is -2.25. The lowest BCUT2D eigenvalue weighted by molar-refractivity contribution is -0.123. The fourth-order valence-electron chi connectivity index (χ4n) is 3.40. The highest BCUT2D eigenvalue weighted by molar-refractivity contribution is 7.89. The van der Waals surface area contributed by atoms with E-state index in [1.54, 1.807) is 28.6 Å². The minimum Gasteiger partial charge on any atom is -0.492 e. The predicted molar refractivity (Wildman–Crippen MR) is 119 cm³/mol. The Kier molecular flexibility index (Phi) is 7.92. The molecule has 1 heterocycles. The zero-order valence-corrected chi connectivity index (χ0v) is 18.9. The van der Waals surface area contributed by atoms with Crippen LogP contribution in [0.25, 0.3) is 0 Å². The van der Waals surface area contributed by atoms with Crippen LogP contribution in [-0.4, -0.2) is 51.5 Å². The van der Waals surface area contributed by atoms with Crippen molar-refractivity contribution in [2.75, 3.05) is 32.8 Å². The van der Waals surface area contributed by atoms with Crippen molar-refractivity contribution in [2.24, 2.45) is 0 Å². The first-order valence-corrected chi connectivity index (χ1v) is 12.0. The molecule has 3 rings (SSSR count). The van der Waals surface area contributed by atoms with Crippen molar-refractivity contribution in [2.45, 2.75) is 38.0 Å². The summed E-state index contributed by atoms with van der Waals surface area (Å²) >= 11 is 0. The van der Waals surface area contributed by atoms with E-state index in [0.29, 0.717) is 31.1 Å². The monoisotopic (exact) mass is 446 g/mol. The van der Waals surface area contributed by atoms with Gasteiger partial charge in [-0.2, -0.15) is 4.31 Å². The number of hydrogen-bond donors (Lipinski definition) is 1. The van der Waals surface area contributed by atoms with E-state index in [0.717, 1.165) is 30.4 Å². The average Bonchev–Trinajstić information content (AvgIpc) is 2.78. The third kappa shape index (κ3) is 6.21. The van der Waals surface area contributed by atoms with E-state index in [4.69, 9.17) is 9.47 Å². The molecule has 0 atom stereocenters. The molecule has 2 aromatic carbocycles. The quantitative estimate of drug-likeness (QED) is 0.599. The molecule has 1 amide bonds. The molecular formula is C23H30N2O5S. The van der Waals surface area contributed by atoms with Gasteiger partial charge in [-0.3, -0.25) is 4.79 Å². The topological polar surface area (TPSA) is 84.9 Å². The number of rotatable bonds is 9. The maximum atomic E-state index is 12.7. The molecule has 0 bridgehead atoms. The van der Waals surface area contributed by atoms with Crippen molar-refractivity contribution in [3.63, 3.8) is 0 Å². The molecule has 31 heavy (non-hydrogen) atoms. The average molecular weight is 447 g/mol. The van der Waals surface area contributed by atoms with E-state index in [2.05, 4.69) is 5.32 Å². The molecule has 1 aliphatic rings. The van der Waals surface area contributed by atoms with Gasteiger partial charge in [0.25, 0.3) is 5.91 Å². The Bertz CT molecular complexity index is 984. The normalized spacial score (nSPS) is 14.8. The molecule has 1 aliphatic heterocycles. The minimum absolute atomic E-state index is 0.0622. The van der Waals surface area contributed by atoms with Crippen molar-refractivity contribution in [1.29, 1.82) is 0 Å². The van der Waals surface area contributed by atoms with Crippen molar-refractivity contribution < 1.29 is 22.7 Å². The number of nitrogens with one attached hydrogen (secondary N) is 1. The van der Waals surface area contributed by atoms with E-state index < -0.39 is 10.0 Å². The first-order chi connectivity index (χ1) is 14.9. The smallest absolute Gasteiger partial charge is 0.258 e. The van der Waals surface area contributed by atoms with Crippen molar-refractivity contribution >= 4 is 15.9 Å². The van der Waals surface area contributed by atoms with Crippen molar-refractivity contribution in [1.82, 2.24) is 9.62 Å². The number of carbonyl (C=O) groups excluding carboxylic acids is 1. The second kappa shape index (κ2) is 10.6. The summed E-state index contributed by atoms with van der Waals surface area (Å²) in [6, 6.07) is 12.1. The molecule has 7 nitrogen and oxygen atoms in total. The van der Waals surface area contributed by atoms with Crippen molar-refractivity contribution in [3.8, 4) is 11.5 Å². The summed E-state index contributed by atoms with van der Waals surface area (Å²) in [5.74, 6) is 1.02. The van der Waals surface area contributed by atoms with Gasteiger partial charge in [-0.1, -0.05) is 18.6 Å². The van der Waals surface area contributed by atoms with E-state index in [-0.39, 0.29) is 24.0 Å². The molecule has 1 N–H and O–H groups in total. The maximum Gasteiger partial charge on any atom is 0.258 e. The van der Waals surface area contributed by atoms with Crippen molar-refractivity contribution in [3.05, 3.63) is 53.6 Å². The molecule has 0 radical (unpaired) electrons. The minimum atomic E-state index is -3.44. The zero-order chi connectivity index (χ0) is 22.3. The van der Waals surface area contributed by atoms with Crippen LogP contribution in [0.4, 0.5) is 0 Å². The van der Waals surface area contributed by atoms with Crippen LogP contribution < -0.4 is 14.8 Å². The van der Waals surface area contributed by atoms with Gasteiger partial charge in [0.05, 0.1) is 11.4 Å². The standard InChI is InChI=1S/C23H30N2O5S/c1-18-7-6-8-22(19(18)2)30-17-23(26)24-13-16-29-20-9-11-21(12-10-20)31(27,28)25-14-4-3-5-15-25/h6-12H,3-5,13-17H2,1-2H3,(H,24,26). The molecule has 0 unspecified atom stereocenters. The van der Waals surface area contributed by atoms with Gasteiger partial charge in [0, 0.05) is 13.1 Å². The summed E-state index contributed by atoms with van der Waals surface area (Å²) in [6.07, 6.45) is 2.89. The lowest BCUT2D eigenvalue weighted by atomic mass is 10.1. The van der Waals surface area contributed by atoms with Gasteiger partial charge in [0.15, 0.2) is 6.61 Å². The summed E-state index contributed by atoms with van der Waals surface area (Å²) in [5, 5.41) is 2.74. The van der Waals surface area contributed by atoms with Gasteiger partial charge >= 0.3 is 0 Å². The van der Waals surface area contributed by atoms with Crippen LogP contribution in [0.5, 0.6) is 11.5 Å². The first kappa shape index (κ1) is 23.1. The molecule has 0 saturated carbocycles. The highest BCUT2D eigenvalue weighted by atomic mass is 32.2. The van der Waals surface area contributed by atoms with E-state index in [1.807, 2.05) is 32.0 Å². The van der Waals surface area contributed by atoms with Crippen LogP contribution in [0, 0.1) is 13.8 Å². The van der Waals surface area contributed by atoms with E-state index in [9.17, 15) is 13.2 Å². The number of sulfonamides is 1. The Balaban J connectivity index is 1.40. The van der Waals surface area contributed by atoms with Gasteiger partial charge in [-0.25, -0.2) is 8.42 Å². The fourth-order valence-corrected chi connectivity index (χ4v) is 4.91. The number of amides is 1. The van der Waals surface area contributed by atoms with Crippen LogP contribution in [0.15, 0.2) is 47.4 Å². The third-order valence-electron chi connectivity index (χ3n) is 5.38. The molecule has 0 spiro atoms. The Morgan fingerprint density at radius 2 is 1.71 bits per heavy atom. The van der Waals surface area contributed by atoms with E-state index >= 15 is 0 Å². The van der Waals surface area contributed by atoms with Crippen LogP contribution in [0.2, 0.25) is 0 Å². The predicted octanol–water partition coefficient (Wildman–Crippen LogP) is 3.05. The number of carbonyl (C=O) groups is 1. The van der Waals surface area contributed by atoms with Gasteiger partial charge in [-0.15, -0.1) is 0 Å². The summed E-state index contributed by atoms with van der Waals surface area (Å²) < 4.78 is 38.0. The van der Waals surface area contributed by atoms with Crippen LogP contribution in [0.1, 0.15) is 30.4 Å². The van der Waals surface area contributed by atoms with Gasteiger partial charge < -0.3 is 14.8 Å². The fraction of sp³-hybridized carbons (Fsp3) is 0.435. The second-order valence-electron chi connectivity index (χ2n) is 7.62. The highest BCUT2D eigenvalue weighted by Crippen LogP contribution is 2.23. The van der Waals surface area contributed by atoms with Crippen LogP contribution >= 0.6 is 0 Å². The molecule has 0 aromatic heterocycles. The Hall–Kier alpha value is -2.58. The molecule has 1 saturated heterocycles.